The second kappa shape index (κ2) is 4.69. The van der Waals surface area contributed by atoms with E-state index in [0.29, 0.717) is 18.7 Å². The third-order valence-electron chi connectivity index (χ3n) is 2.43. The second-order valence-electron chi connectivity index (χ2n) is 3.65. The molecule has 6 heteroatoms. The minimum absolute atomic E-state index is 0.00462. The Hall–Kier alpha value is -1.30. The number of hydrogen-bond donors (Lipinski definition) is 2. The maximum absolute atomic E-state index is 10.3. The fourth-order valence-electron chi connectivity index (χ4n) is 1.57. The quantitative estimate of drug-likeness (QED) is 0.892. The van der Waals surface area contributed by atoms with Crippen molar-refractivity contribution in [2.24, 2.45) is 0 Å². The predicted octanol–water partition coefficient (Wildman–Crippen LogP) is 2.02. The summed E-state index contributed by atoms with van der Waals surface area (Å²) >= 11 is 3.34. The monoisotopic (exact) mass is 286 g/mol. The molecule has 1 heterocycles. The zero-order valence-electron chi connectivity index (χ0n) is 8.39. The molecule has 0 aromatic carbocycles. The van der Waals surface area contributed by atoms with Crippen molar-refractivity contribution in [2.75, 3.05) is 0 Å². The molecule has 1 aromatic heterocycles. The van der Waals surface area contributed by atoms with Gasteiger partial charge in [0.15, 0.2) is 0 Å². The molecule has 1 aromatic rings. The van der Waals surface area contributed by atoms with Crippen molar-refractivity contribution in [2.45, 2.75) is 25.0 Å². The molecule has 1 aliphatic rings. The molecule has 0 spiro atoms. The minimum Gasteiger partial charge on any atom is -0.473 e. The Kier molecular flexibility index (Phi) is 3.28. The van der Waals surface area contributed by atoms with E-state index in [1.165, 1.54) is 0 Å². The van der Waals surface area contributed by atoms with Crippen LogP contribution in [0, 0.1) is 0 Å². The average molecular weight is 287 g/mol. The van der Waals surface area contributed by atoms with Crippen LogP contribution in [0.3, 0.4) is 0 Å². The Morgan fingerprint density at radius 3 is 3.00 bits per heavy atom. The van der Waals surface area contributed by atoms with Crippen molar-refractivity contribution < 1.29 is 14.6 Å². The summed E-state index contributed by atoms with van der Waals surface area (Å²) in [6.45, 7) is 0. The highest BCUT2D eigenvalue weighted by molar-refractivity contribution is 9.10. The van der Waals surface area contributed by atoms with Gasteiger partial charge in [-0.15, -0.1) is 0 Å². The van der Waals surface area contributed by atoms with Gasteiger partial charge in [0.05, 0.1) is 4.47 Å². The number of carbonyl (C=O) groups is 1. The molecule has 0 unspecified atom stereocenters. The Bertz CT molecular complexity index is 393. The lowest BCUT2D eigenvalue weighted by molar-refractivity contribution is 0.0786. The number of aromatic nitrogens is 1. The van der Waals surface area contributed by atoms with Crippen LogP contribution in [0.2, 0.25) is 0 Å². The fraction of sp³-hybridized carbons (Fsp3) is 0.400. The Morgan fingerprint density at radius 1 is 1.62 bits per heavy atom. The normalized spacial score (nSPS) is 23.3. The summed E-state index contributed by atoms with van der Waals surface area (Å²) in [6, 6.07) is 3.67. The van der Waals surface area contributed by atoms with E-state index >= 15 is 0 Å². The number of nitrogens with zero attached hydrogens (tertiary/aromatic N) is 1. The molecule has 5 nitrogen and oxygen atoms in total. The first-order valence-electron chi connectivity index (χ1n) is 4.92. The van der Waals surface area contributed by atoms with Crippen LogP contribution < -0.4 is 10.1 Å². The van der Waals surface area contributed by atoms with E-state index in [1.54, 1.807) is 6.20 Å². The summed E-state index contributed by atoms with van der Waals surface area (Å²) in [7, 11) is 0. The summed E-state index contributed by atoms with van der Waals surface area (Å²) in [6.07, 6.45) is 2.10. The minimum atomic E-state index is -0.984. The molecule has 0 aliphatic heterocycles. The molecule has 0 bridgehead atoms. The zero-order valence-corrected chi connectivity index (χ0v) is 9.98. The van der Waals surface area contributed by atoms with Crippen molar-refractivity contribution in [3.63, 3.8) is 0 Å². The standard InChI is InChI=1S/C10H11BrN2O3/c11-8-2-1-3-12-9(8)16-7-4-6(5-7)13-10(14)15/h1-3,6-7,13H,4-5H2,(H,14,15)/t6-,7-. The molecule has 0 atom stereocenters. The molecular formula is C10H11BrN2O3. The molecule has 1 saturated carbocycles. The van der Waals surface area contributed by atoms with Crippen LogP contribution in [0.4, 0.5) is 4.79 Å². The zero-order chi connectivity index (χ0) is 11.5. The molecule has 1 aliphatic carbocycles. The molecule has 16 heavy (non-hydrogen) atoms. The van der Waals surface area contributed by atoms with E-state index in [9.17, 15) is 4.79 Å². The van der Waals surface area contributed by atoms with Gasteiger partial charge in [0.25, 0.3) is 0 Å². The highest BCUT2D eigenvalue weighted by Gasteiger charge is 2.32. The van der Waals surface area contributed by atoms with Crippen LogP contribution in [0.1, 0.15) is 12.8 Å². The van der Waals surface area contributed by atoms with Crippen LogP contribution >= 0.6 is 15.9 Å². The molecule has 86 valence electrons. The summed E-state index contributed by atoms with van der Waals surface area (Å²) < 4.78 is 6.41. The lowest BCUT2D eigenvalue weighted by atomic mass is 9.89. The molecule has 2 rings (SSSR count). The van der Waals surface area contributed by atoms with Crippen LogP contribution in [0.15, 0.2) is 22.8 Å². The smallest absolute Gasteiger partial charge is 0.404 e. The van der Waals surface area contributed by atoms with E-state index in [4.69, 9.17) is 9.84 Å². The van der Waals surface area contributed by atoms with Gasteiger partial charge >= 0.3 is 6.09 Å². The van der Waals surface area contributed by atoms with Crippen LogP contribution in [-0.4, -0.2) is 28.3 Å². The van der Waals surface area contributed by atoms with Gasteiger partial charge in [0, 0.05) is 25.1 Å². The first kappa shape index (κ1) is 11.2. The first-order valence-corrected chi connectivity index (χ1v) is 5.71. The fourth-order valence-corrected chi connectivity index (χ4v) is 1.92. The number of nitrogens with one attached hydrogen (secondary N) is 1. The number of rotatable bonds is 3. The summed E-state index contributed by atoms with van der Waals surface area (Å²) in [5, 5.41) is 10.9. The molecule has 0 radical (unpaired) electrons. The lowest BCUT2D eigenvalue weighted by Gasteiger charge is -2.34. The summed E-state index contributed by atoms with van der Waals surface area (Å²) in [5.41, 5.74) is 0. The van der Waals surface area contributed by atoms with E-state index < -0.39 is 6.09 Å². The SMILES string of the molecule is O=C(O)N[C@H]1C[C@H](Oc2ncccc2Br)C1. The average Bonchev–Trinajstić information content (AvgIpc) is 2.17. The van der Waals surface area contributed by atoms with Crippen molar-refractivity contribution >= 4 is 22.0 Å². The maximum atomic E-state index is 10.3. The second-order valence-corrected chi connectivity index (χ2v) is 4.50. The Balaban J connectivity index is 1.82. The predicted molar refractivity (Wildman–Crippen MR) is 60.5 cm³/mol. The van der Waals surface area contributed by atoms with Gasteiger partial charge in [-0.1, -0.05) is 0 Å². The van der Waals surface area contributed by atoms with Crippen molar-refractivity contribution in [1.82, 2.24) is 10.3 Å². The van der Waals surface area contributed by atoms with Crippen molar-refractivity contribution in [3.05, 3.63) is 22.8 Å². The van der Waals surface area contributed by atoms with E-state index in [0.717, 1.165) is 4.47 Å². The van der Waals surface area contributed by atoms with Crippen LogP contribution in [-0.2, 0) is 0 Å². The van der Waals surface area contributed by atoms with Gasteiger partial charge in [0.1, 0.15) is 6.10 Å². The van der Waals surface area contributed by atoms with E-state index in [2.05, 4.69) is 26.2 Å². The van der Waals surface area contributed by atoms with Gasteiger partial charge in [0.2, 0.25) is 5.88 Å². The van der Waals surface area contributed by atoms with Gasteiger partial charge in [-0.05, 0) is 28.1 Å². The number of amides is 1. The lowest BCUT2D eigenvalue weighted by Crippen LogP contribution is -2.48. The van der Waals surface area contributed by atoms with E-state index in [1.807, 2.05) is 12.1 Å². The molecule has 0 saturated heterocycles. The van der Waals surface area contributed by atoms with Crippen LogP contribution in [0.25, 0.3) is 0 Å². The van der Waals surface area contributed by atoms with E-state index in [-0.39, 0.29) is 12.1 Å². The number of hydrogen-bond acceptors (Lipinski definition) is 3. The summed E-state index contributed by atoms with van der Waals surface area (Å²) in [4.78, 5) is 14.4. The van der Waals surface area contributed by atoms with Gasteiger partial charge < -0.3 is 15.2 Å². The van der Waals surface area contributed by atoms with Gasteiger partial charge in [-0.2, -0.15) is 0 Å². The highest BCUT2D eigenvalue weighted by atomic mass is 79.9. The third kappa shape index (κ3) is 2.63. The molecule has 1 amide bonds. The number of pyridine rings is 1. The van der Waals surface area contributed by atoms with Crippen molar-refractivity contribution in [3.8, 4) is 5.88 Å². The first-order chi connectivity index (χ1) is 7.65. The molecular weight excluding hydrogens is 276 g/mol. The van der Waals surface area contributed by atoms with Gasteiger partial charge in [-0.25, -0.2) is 9.78 Å². The maximum Gasteiger partial charge on any atom is 0.404 e. The Labute approximate surface area is 101 Å². The number of halogens is 1. The van der Waals surface area contributed by atoms with Crippen molar-refractivity contribution in [1.29, 1.82) is 0 Å². The van der Waals surface area contributed by atoms with Gasteiger partial charge in [-0.3, -0.25) is 0 Å². The summed E-state index contributed by atoms with van der Waals surface area (Å²) in [5.74, 6) is 0.557. The Morgan fingerprint density at radius 2 is 2.38 bits per heavy atom. The largest absolute Gasteiger partial charge is 0.473 e. The topological polar surface area (TPSA) is 71.5 Å². The number of carboxylic acid groups (broad SMARTS) is 1. The number of ether oxygens (including phenoxy) is 1. The highest BCUT2D eigenvalue weighted by Crippen LogP contribution is 2.28. The molecule has 1 fully saturated rings. The molecule has 2 N–H and O–H groups in total. The third-order valence-corrected chi connectivity index (χ3v) is 3.03. The van der Waals surface area contributed by atoms with Crippen LogP contribution in [0.5, 0.6) is 5.88 Å².